The van der Waals surface area contributed by atoms with Crippen molar-refractivity contribution in [3.63, 3.8) is 0 Å². The summed E-state index contributed by atoms with van der Waals surface area (Å²) in [5.41, 5.74) is 11.1. The summed E-state index contributed by atoms with van der Waals surface area (Å²) in [6.07, 6.45) is 1.63. The monoisotopic (exact) mass is 559 g/mol. The van der Waals surface area contributed by atoms with Crippen molar-refractivity contribution in [2.75, 3.05) is 5.73 Å². The number of nitrogens with two attached hydrogens (primary N) is 1. The summed E-state index contributed by atoms with van der Waals surface area (Å²) < 4.78 is 20.1. The van der Waals surface area contributed by atoms with E-state index in [9.17, 15) is 4.79 Å². The zero-order chi connectivity index (χ0) is 30.3. The van der Waals surface area contributed by atoms with Gasteiger partial charge in [0, 0.05) is 40.5 Å². The van der Waals surface area contributed by atoms with Gasteiger partial charge in [-0.3, -0.25) is 4.79 Å². The molecule has 5 aromatic rings. The number of halogens is 1. The number of fused-ring (bicyclic) bond motifs is 1. The van der Waals surface area contributed by atoms with Gasteiger partial charge in [-0.25, -0.2) is 14.4 Å². The van der Waals surface area contributed by atoms with Gasteiger partial charge >= 0.3 is 11.8 Å². The van der Waals surface area contributed by atoms with Crippen LogP contribution in [0.2, 0.25) is 0 Å². The zero-order valence-corrected chi connectivity index (χ0v) is 24.9. The van der Waals surface area contributed by atoms with Gasteiger partial charge in [-0.05, 0) is 42.3 Å². The predicted octanol–water partition coefficient (Wildman–Crippen LogP) is 6.98. The summed E-state index contributed by atoms with van der Waals surface area (Å²) in [7, 11) is 0. The van der Waals surface area contributed by atoms with Crippen molar-refractivity contribution in [1.82, 2.24) is 30.4 Å². The molecule has 10 heteroatoms. The van der Waals surface area contributed by atoms with Gasteiger partial charge in [0.2, 0.25) is 0 Å². The fraction of sp³-hybridized carbons (Fsp3) is 0.323. The van der Waals surface area contributed by atoms with Crippen LogP contribution in [0.5, 0.6) is 0 Å². The highest BCUT2D eigenvalue weighted by atomic mass is 19.1. The van der Waals surface area contributed by atoms with Gasteiger partial charge in [0.05, 0.1) is 5.52 Å². The Balaban J connectivity index is 0.00000111. The van der Waals surface area contributed by atoms with E-state index in [2.05, 4.69) is 30.4 Å². The van der Waals surface area contributed by atoms with Crippen LogP contribution < -0.4 is 11.1 Å². The number of benzene rings is 2. The number of rotatable bonds is 5. The van der Waals surface area contributed by atoms with Gasteiger partial charge in [0.25, 0.3) is 0 Å². The molecule has 0 saturated carbocycles. The molecular weight excluding hydrogens is 521 g/mol. The molecule has 0 aliphatic heterocycles. The molecule has 5 rings (SSSR count). The van der Waals surface area contributed by atoms with Crippen LogP contribution in [0.15, 0.2) is 53.2 Å². The number of carbonyl (C=O) groups is 1. The molecule has 0 bridgehead atoms. The van der Waals surface area contributed by atoms with Crippen LogP contribution in [-0.4, -0.2) is 31.0 Å². The van der Waals surface area contributed by atoms with Crippen LogP contribution in [0.4, 0.5) is 10.1 Å². The lowest BCUT2D eigenvalue weighted by molar-refractivity contribution is 0.0906. The zero-order valence-electron chi connectivity index (χ0n) is 24.9. The number of aromatic amines is 1. The molecule has 3 aromatic heterocycles. The van der Waals surface area contributed by atoms with Gasteiger partial charge in [-0.2, -0.15) is 4.98 Å². The van der Waals surface area contributed by atoms with Crippen molar-refractivity contribution in [3.8, 4) is 22.5 Å². The van der Waals surface area contributed by atoms with Crippen LogP contribution >= 0.6 is 0 Å². The van der Waals surface area contributed by atoms with Crippen molar-refractivity contribution in [1.29, 1.82) is 0 Å². The first-order valence-electron chi connectivity index (χ1n) is 13.7. The summed E-state index contributed by atoms with van der Waals surface area (Å²) in [6, 6.07) is 12.4. The summed E-state index contributed by atoms with van der Waals surface area (Å²) in [6.45, 7) is 15.7. The fourth-order valence-electron chi connectivity index (χ4n) is 3.91. The first kappa shape index (κ1) is 30.9. The number of hydrogen-bond acceptors (Lipinski definition) is 7. The van der Waals surface area contributed by atoms with Gasteiger partial charge < -0.3 is 20.6 Å². The van der Waals surface area contributed by atoms with E-state index in [1.165, 1.54) is 6.07 Å². The van der Waals surface area contributed by atoms with E-state index >= 15 is 4.39 Å². The Bertz CT molecular complexity index is 1630. The van der Waals surface area contributed by atoms with Gasteiger partial charge in [-0.15, -0.1) is 0 Å². The second-order valence-corrected chi connectivity index (χ2v) is 9.90. The van der Waals surface area contributed by atoms with E-state index in [1.807, 2.05) is 73.6 Å². The Morgan fingerprint density at radius 2 is 1.76 bits per heavy atom. The van der Waals surface area contributed by atoms with Gasteiger partial charge in [-0.1, -0.05) is 71.8 Å². The molecule has 0 spiro atoms. The molecule has 216 valence electrons. The Hall–Kier alpha value is -4.60. The third-order valence-corrected chi connectivity index (χ3v) is 5.95. The number of nitrogen functional groups attached to an aromatic ring is 1. The maximum absolute atomic E-state index is 15.0. The number of aryl methyl sites for hydroxylation is 1. The maximum atomic E-state index is 15.0. The SMILES string of the molecule is CC.CC.Cc1ccc(-c2nc3nccc(-c4ccc(CNC(=O)c5nc(C(C)(C)C)no5)c(F)c4)c3[nH]2)c(N)c1. The lowest BCUT2D eigenvalue weighted by Gasteiger charge is -2.10. The van der Waals surface area contributed by atoms with Gasteiger partial charge in [0.15, 0.2) is 11.5 Å². The molecule has 0 unspecified atom stereocenters. The van der Waals surface area contributed by atoms with Gasteiger partial charge in [0.1, 0.15) is 11.6 Å². The number of H-pyrrole nitrogens is 1. The molecule has 1 amide bonds. The molecule has 9 nitrogen and oxygen atoms in total. The van der Waals surface area contributed by atoms with E-state index in [-0.39, 0.29) is 17.9 Å². The van der Waals surface area contributed by atoms with Crippen molar-refractivity contribution >= 4 is 22.8 Å². The van der Waals surface area contributed by atoms with E-state index < -0.39 is 11.7 Å². The highest BCUT2D eigenvalue weighted by Gasteiger charge is 2.24. The second-order valence-electron chi connectivity index (χ2n) is 9.90. The standard InChI is InChI=1S/C27H26FN7O2.2C2H6/c1-14-5-8-18(20(29)11-14)22-32-21-17(9-10-30-23(21)33-22)15-6-7-16(19(28)12-15)13-31-24(36)25-34-26(35-37-25)27(2,3)4;2*1-2/h5-12H,13,29H2,1-4H3,(H,31,36)(H,30,32,33);2*1-2H3. The molecule has 0 atom stereocenters. The lowest BCUT2D eigenvalue weighted by atomic mass is 9.96. The van der Waals surface area contributed by atoms with Crippen LogP contribution in [0, 0.1) is 12.7 Å². The van der Waals surface area contributed by atoms with Crippen LogP contribution in [0.3, 0.4) is 0 Å². The molecular formula is C31H38FN7O2. The van der Waals surface area contributed by atoms with E-state index in [0.29, 0.717) is 39.6 Å². The normalized spacial score (nSPS) is 10.9. The third-order valence-electron chi connectivity index (χ3n) is 5.95. The molecule has 41 heavy (non-hydrogen) atoms. The Labute approximate surface area is 239 Å². The van der Waals surface area contributed by atoms with Crippen LogP contribution in [0.25, 0.3) is 33.7 Å². The Morgan fingerprint density at radius 3 is 2.39 bits per heavy atom. The summed E-state index contributed by atoms with van der Waals surface area (Å²) in [5.74, 6) is -0.189. The van der Waals surface area contributed by atoms with Crippen molar-refractivity contribution < 1.29 is 13.7 Å². The number of aromatic nitrogens is 5. The minimum atomic E-state index is -0.567. The number of nitrogens with one attached hydrogen (secondary N) is 2. The third kappa shape index (κ3) is 6.95. The van der Waals surface area contributed by atoms with Crippen molar-refractivity contribution in [3.05, 3.63) is 77.3 Å². The smallest absolute Gasteiger partial charge is 0.315 e. The summed E-state index contributed by atoms with van der Waals surface area (Å²) in [5, 5.41) is 6.47. The maximum Gasteiger partial charge on any atom is 0.315 e. The lowest BCUT2D eigenvalue weighted by Crippen LogP contribution is -2.24. The number of amides is 1. The van der Waals surface area contributed by atoms with Crippen LogP contribution in [-0.2, 0) is 12.0 Å². The summed E-state index contributed by atoms with van der Waals surface area (Å²) >= 11 is 0. The van der Waals surface area contributed by atoms with Crippen LogP contribution in [0.1, 0.15) is 76.1 Å². The van der Waals surface area contributed by atoms with Crippen molar-refractivity contribution in [2.24, 2.45) is 0 Å². The molecule has 4 N–H and O–H groups in total. The fourth-order valence-corrected chi connectivity index (χ4v) is 3.91. The molecule has 0 saturated heterocycles. The number of nitrogens with zero attached hydrogens (tertiary/aromatic N) is 4. The largest absolute Gasteiger partial charge is 0.398 e. The number of imidazole rings is 1. The minimum absolute atomic E-state index is 0.0369. The average molecular weight is 560 g/mol. The molecule has 0 aliphatic rings. The number of hydrogen-bond donors (Lipinski definition) is 3. The number of pyridine rings is 1. The Morgan fingerprint density at radius 1 is 1.02 bits per heavy atom. The molecule has 0 aliphatic carbocycles. The second kappa shape index (κ2) is 13.2. The molecule has 3 heterocycles. The highest BCUT2D eigenvalue weighted by molar-refractivity contribution is 5.92. The van der Waals surface area contributed by atoms with Crippen molar-refractivity contribution in [2.45, 2.75) is 67.3 Å². The van der Waals surface area contributed by atoms with E-state index in [4.69, 9.17) is 10.3 Å². The quantitative estimate of drug-likeness (QED) is 0.198. The van der Waals surface area contributed by atoms with E-state index in [0.717, 1.165) is 16.7 Å². The summed E-state index contributed by atoms with van der Waals surface area (Å²) in [4.78, 5) is 28.8. The number of anilines is 1. The average Bonchev–Trinajstić information content (AvgIpc) is 3.62. The number of carbonyl (C=O) groups excluding carboxylic acids is 1. The van der Waals surface area contributed by atoms with E-state index in [1.54, 1.807) is 24.4 Å². The minimum Gasteiger partial charge on any atom is -0.398 e. The predicted molar refractivity (Wildman–Crippen MR) is 161 cm³/mol. The highest BCUT2D eigenvalue weighted by Crippen LogP contribution is 2.31. The first-order valence-corrected chi connectivity index (χ1v) is 13.7. The molecule has 0 radical (unpaired) electrons. The topological polar surface area (TPSA) is 136 Å². The molecule has 0 fully saturated rings. The molecule has 2 aromatic carbocycles. The Kier molecular flexibility index (Phi) is 9.94. The first-order chi connectivity index (χ1) is 19.6.